The molecular weight excluding hydrogens is 389 g/mol. The van der Waals surface area contributed by atoms with Crippen LogP contribution >= 0.6 is 0 Å². The standard InChI is InChI=1S/C22H26FN3O4/c1-3-4-13-24-22(28)16(2)25(15-18-10-5-7-11-19(18)23)21(27)14-17-9-6-8-12-20(17)26(29)30/h5-12,16H,3-4,13-15H2,1-2H3,(H,24,28). The van der Waals surface area contributed by atoms with E-state index in [2.05, 4.69) is 5.32 Å². The molecule has 8 heteroatoms. The summed E-state index contributed by atoms with van der Waals surface area (Å²) in [5.41, 5.74) is 0.336. The second kappa shape index (κ2) is 11.0. The number of rotatable bonds is 10. The van der Waals surface area contributed by atoms with Gasteiger partial charge < -0.3 is 10.2 Å². The normalized spacial score (nSPS) is 11.6. The van der Waals surface area contributed by atoms with E-state index in [0.29, 0.717) is 6.54 Å². The Bertz CT molecular complexity index is 903. The predicted molar refractivity (Wildman–Crippen MR) is 111 cm³/mol. The third kappa shape index (κ3) is 6.10. The number of nitro benzene ring substituents is 1. The van der Waals surface area contributed by atoms with E-state index in [4.69, 9.17) is 0 Å². The number of nitro groups is 1. The van der Waals surface area contributed by atoms with Crippen molar-refractivity contribution in [2.24, 2.45) is 0 Å². The highest BCUT2D eigenvalue weighted by Crippen LogP contribution is 2.21. The van der Waals surface area contributed by atoms with E-state index in [0.717, 1.165) is 12.8 Å². The number of benzene rings is 2. The van der Waals surface area contributed by atoms with Gasteiger partial charge in [0.2, 0.25) is 11.8 Å². The minimum Gasteiger partial charge on any atom is -0.354 e. The maximum absolute atomic E-state index is 14.2. The number of carbonyl (C=O) groups excluding carboxylic acids is 2. The fraction of sp³-hybridized carbons (Fsp3) is 0.364. The van der Waals surface area contributed by atoms with Gasteiger partial charge >= 0.3 is 0 Å². The van der Waals surface area contributed by atoms with E-state index < -0.39 is 22.7 Å². The number of amides is 2. The molecule has 0 aromatic heterocycles. The molecule has 0 radical (unpaired) electrons. The minimum atomic E-state index is -0.864. The molecule has 0 aliphatic rings. The fourth-order valence-electron chi connectivity index (χ4n) is 3.03. The highest BCUT2D eigenvalue weighted by Gasteiger charge is 2.28. The van der Waals surface area contributed by atoms with Gasteiger partial charge in [0, 0.05) is 30.3 Å². The Balaban J connectivity index is 2.28. The van der Waals surface area contributed by atoms with E-state index in [-0.39, 0.29) is 35.7 Å². The Kier molecular flexibility index (Phi) is 8.46. The van der Waals surface area contributed by atoms with Gasteiger partial charge in [-0.1, -0.05) is 49.7 Å². The first kappa shape index (κ1) is 23.0. The van der Waals surface area contributed by atoms with Crippen LogP contribution in [0.5, 0.6) is 0 Å². The van der Waals surface area contributed by atoms with E-state index in [1.807, 2.05) is 6.92 Å². The number of nitrogens with zero attached hydrogens (tertiary/aromatic N) is 2. The van der Waals surface area contributed by atoms with Crippen LogP contribution in [0, 0.1) is 15.9 Å². The van der Waals surface area contributed by atoms with Crippen molar-refractivity contribution >= 4 is 17.5 Å². The van der Waals surface area contributed by atoms with Crippen LogP contribution < -0.4 is 5.32 Å². The molecule has 1 N–H and O–H groups in total. The number of hydrogen-bond acceptors (Lipinski definition) is 4. The van der Waals surface area contributed by atoms with Crippen LogP contribution in [0.25, 0.3) is 0 Å². The number of halogens is 1. The van der Waals surface area contributed by atoms with Crippen LogP contribution in [-0.4, -0.2) is 34.2 Å². The number of carbonyl (C=O) groups is 2. The van der Waals surface area contributed by atoms with Crippen LogP contribution in [0.2, 0.25) is 0 Å². The molecular formula is C22H26FN3O4. The summed E-state index contributed by atoms with van der Waals surface area (Å²) in [4.78, 5) is 37.6. The Hall–Kier alpha value is -3.29. The molecule has 0 spiro atoms. The first-order valence-electron chi connectivity index (χ1n) is 9.88. The Morgan fingerprint density at radius 2 is 1.77 bits per heavy atom. The van der Waals surface area contributed by atoms with Crippen LogP contribution in [0.3, 0.4) is 0 Å². The predicted octanol–water partition coefficient (Wildman–Crippen LogP) is 3.61. The molecule has 0 aliphatic carbocycles. The average molecular weight is 415 g/mol. The molecule has 2 aromatic rings. The Morgan fingerprint density at radius 1 is 1.13 bits per heavy atom. The quantitative estimate of drug-likeness (QED) is 0.364. The second-order valence-corrected chi connectivity index (χ2v) is 7.00. The van der Waals surface area contributed by atoms with Gasteiger partial charge in [0.15, 0.2) is 0 Å². The van der Waals surface area contributed by atoms with Crippen molar-refractivity contribution < 1.29 is 18.9 Å². The molecule has 0 aliphatic heterocycles. The Labute approximate surface area is 175 Å². The number of hydrogen-bond donors (Lipinski definition) is 1. The lowest BCUT2D eigenvalue weighted by atomic mass is 10.1. The molecule has 2 amide bonds. The Morgan fingerprint density at radius 3 is 2.40 bits per heavy atom. The van der Waals surface area contributed by atoms with Crippen molar-refractivity contribution in [2.75, 3.05) is 6.54 Å². The molecule has 0 saturated heterocycles. The van der Waals surface area contributed by atoms with Crippen molar-refractivity contribution in [2.45, 2.75) is 45.7 Å². The van der Waals surface area contributed by atoms with Crippen molar-refractivity contribution in [1.29, 1.82) is 0 Å². The molecule has 2 aromatic carbocycles. The summed E-state index contributed by atoms with van der Waals surface area (Å²) < 4.78 is 14.2. The van der Waals surface area contributed by atoms with Crippen LogP contribution in [-0.2, 0) is 22.6 Å². The van der Waals surface area contributed by atoms with Gasteiger partial charge in [-0.15, -0.1) is 0 Å². The number of unbranched alkanes of at least 4 members (excludes halogenated alkanes) is 1. The highest BCUT2D eigenvalue weighted by atomic mass is 19.1. The topological polar surface area (TPSA) is 92.6 Å². The summed E-state index contributed by atoms with van der Waals surface area (Å²) in [6.07, 6.45) is 1.44. The van der Waals surface area contributed by atoms with Crippen molar-refractivity contribution in [1.82, 2.24) is 10.2 Å². The van der Waals surface area contributed by atoms with Crippen molar-refractivity contribution in [3.63, 3.8) is 0 Å². The molecule has 0 saturated carbocycles. The zero-order valence-corrected chi connectivity index (χ0v) is 17.1. The molecule has 30 heavy (non-hydrogen) atoms. The van der Waals surface area contributed by atoms with E-state index in [9.17, 15) is 24.1 Å². The van der Waals surface area contributed by atoms with Gasteiger partial charge in [0.25, 0.3) is 5.69 Å². The van der Waals surface area contributed by atoms with Crippen LogP contribution in [0.1, 0.15) is 37.8 Å². The minimum absolute atomic E-state index is 0.117. The van der Waals surface area contributed by atoms with Crippen LogP contribution in [0.4, 0.5) is 10.1 Å². The molecule has 1 unspecified atom stereocenters. The summed E-state index contributed by atoms with van der Waals surface area (Å²) in [5, 5.41) is 14.0. The van der Waals surface area contributed by atoms with E-state index >= 15 is 0 Å². The summed E-state index contributed by atoms with van der Waals surface area (Å²) in [6, 6.07) is 11.1. The van der Waals surface area contributed by atoms with Gasteiger partial charge in [0.1, 0.15) is 11.9 Å². The molecule has 0 bridgehead atoms. The smallest absolute Gasteiger partial charge is 0.273 e. The molecule has 0 heterocycles. The van der Waals surface area contributed by atoms with Gasteiger partial charge in [-0.25, -0.2) is 4.39 Å². The van der Waals surface area contributed by atoms with E-state index in [1.54, 1.807) is 31.2 Å². The van der Waals surface area contributed by atoms with Gasteiger partial charge in [-0.3, -0.25) is 19.7 Å². The lowest BCUT2D eigenvalue weighted by molar-refractivity contribution is -0.385. The summed E-state index contributed by atoms with van der Waals surface area (Å²) in [6.45, 7) is 3.93. The van der Waals surface area contributed by atoms with Gasteiger partial charge in [-0.05, 0) is 19.4 Å². The monoisotopic (exact) mass is 415 g/mol. The van der Waals surface area contributed by atoms with Crippen molar-refractivity contribution in [3.05, 3.63) is 75.6 Å². The van der Waals surface area contributed by atoms with Gasteiger partial charge in [0.05, 0.1) is 11.3 Å². The van der Waals surface area contributed by atoms with Crippen molar-refractivity contribution in [3.8, 4) is 0 Å². The summed E-state index contributed by atoms with van der Waals surface area (Å²) >= 11 is 0. The maximum atomic E-state index is 14.2. The highest BCUT2D eigenvalue weighted by molar-refractivity contribution is 5.88. The molecule has 7 nitrogen and oxygen atoms in total. The van der Waals surface area contributed by atoms with Crippen LogP contribution in [0.15, 0.2) is 48.5 Å². The number of nitrogens with one attached hydrogen (secondary N) is 1. The third-order valence-corrected chi connectivity index (χ3v) is 4.83. The van der Waals surface area contributed by atoms with Gasteiger partial charge in [-0.2, -0.15) is 0 Å². The first-order valence-corrected chi connectivity index (χ1v) is 9.88. The summed E-state index contributed by atoms with van der Waals surface area (Å²) in [7, 11) is 0. The number of para-hydroxylation sites is 1. The maximum Gasteiger partial charge on any atom is 0.273 e. The summed E-state index contributed by atoms with van der Waals surface area (Å²) in [5.74, 6) is -1.33. The molecule has 160 valence electrons. The lowest BCUT2D eigenvalue weighted by Gasteiger charge is -2.29. The molecule has 1 atom stereocenters. The lowest BCUT2D eigenvalue weighted by Crippen LogP contribution is -2.48. The SMILES string of the molecule is CCCCNC(=O)C(C)N(Cc1ccccc1F)C(=O)Cc1ccccc1[N+](=O)[O-]. The zero-order chi connectivity index (χ0) is 22.1. The second-order valence-electron chi connectivity index (χ2n) is 7.00. The fourth-order valence-corrected chi connectivity index (χ4v) is 3.03. The third-order valence-electron chi connectivity index (χ3n) is 4.83. The first-order chi connectivity index (χ1) is 14.3. The zero-order valence-electron chi connectivity index (χ0n) is 17.1. The van der Waals surface area contributed by atoms with E-state index in [1.165, 1.54) is 29.2 Å². The largest absolute Gasteiger partial charge is 0.354 e. The molecule has 0 fully saturated rings. The average Bonchev–Trinajstić information content (AvgIpc) is 2.73. The molecule has 2 rings (SSSR count).